The average Bonchev–Trinajstić information content (AvgIpc) is 2.98. The topological polar surface area (TPSA) is 68.7 Å². The standard InChI is InChI=1S/C15H12F3NO4S/c1-8-3-4-9(13-19-12(7-24-13)15(16,17)18)5-10(8)23-11(6-22-2)14(20)21/h3-7H,1-2H3,(H,20,21)/b11-6-. The van der Waals surface area contributed by atoms with Crippen LogP contribution in [0.4, 0.5) is 13.2 Å². The SMILES string of the molecule is CO/C=C(\Oc1cc(-c2nc(C(F)(F)F)cs2)ccc1C)C(=O)O. The molecule has 1 heterocycles. The Balaban J connectivity index is 2.36. The Hall–Kier alpha value is -2.55. The lowest BCUT2D eigenvalue weighted by molar-refractivity contribution is -0.140. The molecule has 2 aromatic rings. The highest BCUT2D eigenvalue weighted by Crippen LogP contribution is 2.35. The van der Waals surface area contributed by atoms with Crippen LogP contribution in [0.5, 0.6) is 5.75 Å². The van der Waals surface area contributed by atoms with Crippen LogP contribution in [0.15, 0.2) is 35.6 Å². The average molecular weight is 359 g/mol. The van der Waals surface area contributed by atoms with Crippen molar-refractivity contribution >= 4 is 17.3 Å². The van der Waals surface area contributed by atoms with Crippen molar-refractivity contribution in [3.05, 3.63) is 46.9 Å². The van der Waals surface area contributed by atoms with Gasteiger partial charge in [-0.3, -0.25) is 0 Å². The summed E-state index contributed by atoms with van der Waals surface area (Å²) < 4.78 is 47.8. The van der Waals surface area contributed by atoms with E-state index in [1.807, 2.05) is 0 Å². The predicted molar refractivity (Wildman–Crippen MR) is 80.6 cm³/mol. The van der Waals surface area contributed by atoms with Gasteiger partial charge in [-0.2, -0.15) is 13.2 Å². The molecule has 1 aromatic heterocycles. The summed E-state index contributed by atoms with van der Waals surface area (Å²) in [5, 5.41) is 10.1. The molecular formula is C15H12F3NO4S. The number of hydrogen-bond donors (Lipinski definition) is 1. The summed E-state index contributed by atoms with van der Waals surface area (Å²) in [5.74, 6) is -1.61. The molecule has 0 fully saturated rings. The van der Waals surface area contributed by atoms with Crippen LogP contribution in [0.1, 0.15) is 11.3 Å². The maximum Gasteiger partial charge on any atom is 0.434 e. The molecule has 0 saturated carbocycles. The molecule has 0 atom stereocenters. The largest absolute Gasteiger partial charge is 0.500 e. The second-order valence-electron chi connectivity index (χ2n) is 4.64. The smallest absolute Gasteiger partial charge is 0.434 e. The minimum atomic E-state index is -4.52. The third-order valence-corrected chi connectivity index (χ3v) is 3.78. The zero-order valence-corrected chi connectivity index (χ0v) is 13.4. The molecule has 9 heteroatoms. The molecule has 0 bridgehead atoms. The fourth-order valence-corrected chi connectivity index (χ4v) is 2.55. The molecule has 2 rings (SSSR count). The molecule has 24 heavy (non-hydrogen) atoms. The van der Waals surface area contributed by atoms with E-state index in [9.17, 15) is 18.0 Å². The van der Waals surface area contributed by atoms with E-state index in [0.717, 1.165) is 23.0 Å². The van der Waals surface area contributed by atoms with Gasteiger partial charge < -0.3 is 14.6 Å². The van der Waals surface area contributed by atoms with Gasteiger partial charge in [0.25, 0.3) is 0 Å². The number of aromatic nitrogens is 1. The molecule has 5 nitrogen and oxygen atoms in total. The van der Waals surface area contributed by atoms with Gasteiger partial charge in [-0.1, -0.05) is 12.1 Å². The maximum atomic E-state index is 12.6. The number of carboxylic acids is 1. The second kappa shape index (κ2) is 6.91. The Labute approximate surface area is 139 Å². The zero-order chi connectivity index (χ0) is 17.9. The van der Waals surface area contributed by atoms with E-state index in [2.05, 4.69) is 9.72 Å². The van der Waals surface area contributed by atoms with Crippen molar-refractivity contribution in [3.8, 4) is 16.3 Å². The van der Waals surface area contributed by atoms with Crippen molar-refractivity contribution in [2.24, 2.45) is 0 Å². The first-order valence-electron chi connectivity index (χ1n) is 6.50. The molecule has 0 radical (unpaired) electrons. The summed E-state index contributed by atoms with van der Waals surface area (Å²) in [6, 6.07) is 4.62. The van der Waals surface area contributed by atoms with Crippen LogP contribution >= 0.6 is 11.3 Å². The first-order chi connectivity index (χ1) is 11.2. The van der Waals surface area contributed by atoms with Crippen LogP contribution in [-0.4, -0.2) is 23.2 Å². The molecule has 0 spiro atoms. The van der Waals surface area contributed by atoms with Crippen molar-refractivity contribution in [2.45, 2.75) is 13.1 Å². The molecule has 0 saturated heterocycles. The molecular weight excluding hydrogens is 347 g/mol. The summed E-state index contributed by atoms with van der Waals surface area (Å²) in [4.78, 5) is 14.6. The van der Waals surface area contributed by atoms with Gasteiger partial charge in [0, 0.05) is 10.9 Å². The minimum absolute atomic E-state index is 0.153. The van der Waals surface area contributed by atoms with Gasteiger partial charge >= 0.3 is 12.1 Å². The number of carboxylic acid groups (broad SMARTS) is 1. The molecule has 1 aromatic carbocycles. The lowest BCUT2D eigenvalue weighted by Crippen LogP contribution is -2.09. The number of halogens is 3. The molecule has 0 aliphatic heterocycles. The number of alkyl halides is 3. The highest BCUT2D eigenvalue weighted by atomic mass is 32.1. The van der Waals surface area contributed by atoms with E-state index in [1.54, 1.807) is 19.1 Å². The summed E-state index contributed by atoms with van der Waals surface area (Å²) in [7, 11) is 1.27. The number of methoxy groups -OCH3 is 1. The normalized spacial score (nSPS) is 12.1. The summed E-state index contributed by atoms with van der Waals surface area (Å²) in [6.45, 7) is 1.67. The number of benzene rings is 1. The van der Waals surface area contributed by atoms with Crippen LogP contribution in [0.2, 0.25) is 0 Å². The van der Waals surface area contributed by atoms with Gasteiger partial charge in [0.2, 0.25) is 5.76 Å². The quantitative estimate of drug-likeness (QED) is 0.643. The number of aryl methyl sites for hydroxylation is 1. The van der Waals surface area contributed by atoms with Crippen LogP contribution < -0.4 is 4.74 Å². The monoisotopic (exact) mass is 359 g/mol. The lowest BCUT2D eigenvalue weighted by atomic mass is 10.1. The van der Waals surface area contributed by atoms with Crippen LogP contribution in [0.25, 0.3) is 10.6 Å². The number of thiazole rings is 1. The van der Waals surface area contributed by atoms with E-state index < -0.39 is 23.6 Å². The fraction of sp³-hybridized carbons (Fsp3) is 0.200. The number of aliphatic carboxylic acids is 1. The Bertz CT molecular complexity index is 783. The summed E-state index contributed by atoms with van der Waals surface area (Å²) in [6.07, 6.45) is -3.60. The zero-order valence-electron chi connectivity index (χ0n) is 12.5. The van der Waals surface area contributed by atoms with E-state index >= 15 is 0 Å². The first kappa shape index (κ1) is 17.8. The molecule has 0 unspecified atom stereocenters. The van der Waals surface area contributed by atoms with Crippen LogP contribution in [0, 0.1) is 6.92 Å². The molecule has 128 valence electrons. The lowest BCUT2D eigenvalue weighted by Gasteiger charge is -2.10. The van der Waals surface area contributed by atoms with Gasteiger partial charge in [0.1, 0.15) is 17.0 Å². The number of hydrogen-bond acceptors (Lipinski definition) is 5. The maximum absolute atomic E-state index is 12.6. The number of carbonyl (C=O) groups is 1. The van der Waals surface area contributed by atoms with Gasteiger partial charge in [-0.05, 0) is 18.6 Å². The van der Waals surface area contributed by atoms with E-state index in [4.69, 9.17) is 9.84 Å². The number of rotatable bonds is 5. The van der Waals surface area contributed by atoms with E-state index in [-0.39, 0.29) is 10.8 Å². The number of ether oxygens (including phenoxy) is 2. The van der Waals surface area contributed by atoms with Gasteiger partial charge in [0.05, 0.1) is 7.11 Å². The second-order valence-corrected chi connectivity index (χ2v) is 5.50. The summed E-state index contributed by atoms with van der Waals surface area (Å²) >= 11 is 0.837. The van der Waals surface area contributed by atoms with Crippen molar-refractivity contribution in [1.29, 1.82) is 0 Å². The molecule has 1 N–H and O–H groups in total. The van der Waals surface area contributed by atoms with Crippen molar-refractivity contribution < 1.29 is 32.5 Å². The Morgan fingerprint density at radius 3 is 2.62 bits per heavy atom. The van der Waals surface area contributed by atoms with E-state index in [1.165, 1.54) is 13.2 Å². The van der Waals surface area contributed by atoms with Gasteiger partial charge in [-0.15, -0.1) is 11.3 Å². The Morgan fingerprint density at radius 2 is 2.08 bits per heavy atom. The highest BCUT2D eigenvalue weighted by Gasteiger charge is 2.33. The molecule has 0 amide bonds. The van der Waals surface area contributed by atoms with Gasteiger partial charge in [0.15, 0.2) is 5.69 Å². The minimum Gasteiger partial charge on any atom is -0.500 e. The van der Waals surface area contributed by atoms with Gasteiger partial charge in [-0.25, -0.2) is 9.78 Å². The fourth-order valence-electron chi connectivity index (χ4n) is 1.72. The predicted octanol–water partition coefficient (Wildman–Crippen LogP) is 4.09. The Morgan fingerprint density at radius 1 is 1.38 bits per heavy atom. The molecule has 0 aliphatic rings. The van der Waals surface area contributed by atoms with Crippen LogP contribution in [-0.2, 0) is 15.7 Å². The van der Waals surface area contributed by atoms with Crippen molar-refractivity contribution in [3.63, 3.8) is 0 Å². The van der Waals surface area contributed by atoms with E-state index in [0.29, 0.717) is 11.1 Å². The Kier molecular flexibility index (Phi) is 5.13. The van der Waals surface area contributed by atoms with Crippen LogP contribution in [0.3, 0.4) is 0 Å². The third kappa shape index (κ3) is 4.05. The molecule has 0 aliphatic carbocycles. The van der Waals surface area contributed by atoms with Crippen molar-refractivity contribution in [2.75, 3.05) is 7.11 Å². The van der Waals surface area contributed by atoms with Crippen molar-refractivity contribution in [1.82, 2.24) is 4.98 Å². The highest BCUT2D eigenvalue weighted by molar-refractivity contribution is 7.13. The number of nitrogens with zero attached hydrogens (tertiary/aromatic N) is 1. The first-order valence-corrected chi connectivity index (χ1v) is 7.38. The third-order valence-electron chi connectivity index (χ3n) is 2.89. The summed E-state index contributed by atoms with van der Waals surface area (Å²) in [5.41, 5.74) is 0.0175.